The summed E-state index contributed by atoms with van der Waals surface area (Å²) in [6, 6.07) is 7.98. The second kappa shape index (κ2) is 9.56. The lowest BCUT2D eigenvalue weighted by atomic mass is 9.77. The van der Waals surface area contributed by atoms with Gasteiger partial charge >= 0.3 is 0 Å². The lowest BCUT2D eigenvalue weighted by Crippen LogP contribution is -2.67. The summed E-state index contributed by atoms with van der Waals surface area (Å²) < 4.78 is 5.27. The molecular weight excluding hydrogens is 388 g/mol. The van der Waals surface area contributed by atoms with Crippen molar-refractivity contribution in [2.24, 2.45) is 0 Å². The third-order valence-electron chi connectivity index (χ3n) is 5.25. The van der Waals surface area contributed by atoms with Gasteiger partial charge in [0.15, 0.2) is 11.4 Å². The van der Waals surface area contributed by atoms with E-state index >= 15 is 0 Å². The molecule has 1 saturated heterocycles. The van der Waals surface area contributed by atoms with E-state index in [2.05, 4.69) is 0 Å². The van der Waals surface area contributed by atoms with E-state index in [0.717, 1.165) is 0 Å². The topological polar surface area (TPSA) is 188 Å². The number of aliphatic hydroxyl groups is 8. The average molecular weight is 416 g/mol. The first-order valence-electron chi connectivity index (χ1n) is 9.20. The highest BCUT2D eigenvalue weighted by Crippen LogP contribution is 2.30. The number of carbonyl (C=O) groups is 1. The number of hydrogen-bond acceptors (Lipinski definition) is 10. The second-order valence-electron chi connectivity index (χ2n) is 7.37. The molecule has 9 atom stereocenters. The molecule has 0 radical (unpaired) electrons. The van der Waals surface area contributed by atoms with Crippen molar-refractivity contribution in [1.82, 2.24) is 0 Å². The first kappa shape index (κ1) is 23.8. The summed E-state index contributed by atoms with van der Waals surface area (Å²) >= 11 is 0. The van der Waals surface area contributed by atoms with Crippen LogP contribution in [0.3, 0.4) is 0 Å². The van der Waals surface area contributed by atoms with Gasteiger partial charge < -0.3 is 45.6 Å². The van der Waals surface area contributed by atoms with Gasteiger partial charge in [-0.25, -0.2) is 0 Å². The zero-order chi connectivity index (χ0) is 21.9. The van der Waals surface area contributed by atoms with E-state index in [0.29, 0.717) is 5.56 Å². The highest BCUT2D eigenvalue weighted by molar-refractivity contribution is 5.93. The molecule has 1 aliphatic rings. The van der Waals surface area contributed by atoms with Crippen molar-refractivity contribution in [1.29, 1.82) is 0 Å². The molecule has 29 heavy (non-hydrogen) atoms. The molecule has 1 fully saturated rings. The van der Waals surface area contributed by atoms with Gasteiger partial charge in [0, 0.05) is 6.42 Å². The monoisotopic (exact) mass is 416 g/mol. The first-order valence-corrected chi connectivity index (χ1v) is 9.20. The van der Waals surface area contributed by atoms with Gasteiger partial charge in [-0.05, 0) is 12.5 Å². The Hall–Kier alpha value is -1.47. The Balaban J connectivity index is 2.41. The van der Waals surface area contributed by atoms with Gasteiger partial charge in [0.2, 0.25) is 0 Å². The van der Waals surface area contributed by atoms with Crippen LogP contribution in [0.1, 0.15) is 12.5 Å². The Morgan fingerprint density at radius 3 is 2.21 bits per heavy atom. The lowest BCUT2D eigenvalue weighted by Gasteiger charge is -2.43. The van der Waals surface area contributed by atoms with Crippen LogP contribution in [0.25, 0.3) is 0 Å². The van der Waals surface area contributed by atoms with E-state index in [4.69, 9.17) is 9.84 Å². The van der Waals surface area contributed by atoms with Gasteiger partial charge in [0.25, 0.3) is 0 Å². The van der Waals surface area contributed by atoms with Crippen molar-refractivity contribution in [2.75, 3.05) is 6.61 Å². The molecule has 10 nitrogen and oxygen atoms in total. The molecule has 2 rings (SSSR count). The molecule has 0 amide bonds. The standard InChI is InChI=1S/C19H28O10/c1-9-12(22)14(24)15(25)16(29-9)18(27)19(28,7-10-5-3-2-4-6-10)17(26)13(23)11(21)8-20/h2-6,9,11-17,20-26,28H,7-8H2,1H3/t9-,11+,12-,13+,14+,15+,16?,17-,19+/m0/s1. The fourth-order valence-corrected chi connectivity index (χ4v) is 3.36. The van der Waals surface area contributed by atoms with Gasteiger partial charge in [-0.2, -0.15) is 0 Å². The van der Waals surface area contributed by atoms with E-state index in [-0.39, 0.29) is 0 Å². The number of rotatable bonds is 8. The average Bonchev–Trinajstić information content (AvgIpc) is 2.73. The number of benzene rings is 1. The summed E-state index contributed by atoms with van der Waals surface area (Å²) in [4.78, 5) is 13.1. The minimum atomic E-state index is -2.76. The van der Waals surface area contributed by atoms with Crippen molar-refractivity contribution in [3.05, 3.63) is 35.9 Å². The summed E-state index contributed by atoms with van der Waals surface area (Å²) in [6.45, 7) is 0.398. The normalized spacial score (nSPS) is 32.8. The van der Waals surface area contributed by atoms with Crippen LogP contribution in [0.2, 0.25) is 0 Å². The maximum atomic E-state index is 13.1. The third kappa shape index (κ3) is 4.82. The smallest absolute Gasteiger partial charge is 0.198 e. The Morgan fingerprint density at radius 2 is 1.66 bits per heavy atom. The van der Waals surface area contributed by atoms with Crippen molar-refractivity contribution >= 4 is 5.78 Å². The maximum Gasteiger partial charge on any atom is 0.198 e. The quantitative estimate of drug-likeness (QED) is 0.211. The van der Waals surface area contributed by atoms with Crippen LogP contribution in [-0.2, 0) is 16.0 Å². The zero-order valence-electron chi connectivity index (χ0n) is 15.8. The highest BCUT2D eigenvalue weighted by Gasteiger charge is 2.55. The predicted molar refractivity (Wildman–Crippen MR) is 97.6 cm³/mol. The van der Waals surface area contributed by atoms with Crippen molar-refractivity contribution in [2.45, 2.75) is 67.8 Å². The van der Waals surface area contributed by atoms with Crippen LogP contribution in [-0.4, -0.2) is 108 Å². The number of hydrogen-bond donors (Lipinski definition) is 8. The number of Topliss-reactive ketones (excluding diaryl/α,β-unsaturated/α-hetero) is 1. The molecule has 0 spiro atoms. The molecule has 164 valence electrons. The lowest BCUT2D eigenvalue weighted by molar-refractivity contribution is -0.229. The summed E-state index contributed by atoms with van der Waals surface area (Å²) in [5.74, 6) is -1.26. The number of ether oxygens (including phenoxy) is 1. The van der Waals surface area contributed by atoms with Crippen molar-refractivity contribution in [3.8, 4) is 0 Å². The van der Waals surface area contributed by atoms with Gasteiger partial charge in [0.1, 0.15) is 42.7 Å². The van der Waals surface area contributed by atoms with E-state index in [1.165, 1.54) is 6.92 Å². The Labute approximate surface area is 167 Å². The second-order valence-corrected chi connectivity index (χ2v) is 7.37. The summed E-state index contributed by atoms with van der Waals surface area (Å²) in [5.41, 5.74) is -2.38. The van der Waals surface area contributed by atoms with Crippen LogP contribution in [0.15, 0.2) is 30.3 Å². The van der Waals surface area contributed by atoms with Gasteiger partial charge in [-0.1, -0.05) is 30.3 Å². The molecule has 0 aromatic heterocycles. The molecule has 1 aliphatic heterocycles. The Bertz CT molecular complexity index is 670. The fourth-order valence-electron chi connectivity index (χ4n) is 3.36. The summed E-state index contributed by atoms with van der Waals surface area (Å²) in [6.07, 6.45) is -14.8. The van der Waals surface area contributed by atoms with Crippen molar-refractivity contribution in [3.63, 3.8) is 0 Å². The van der Waals surface area contributed by atoms with Crippen LogP contribution >= 0.6 is 0 Å². The van der Waals surface area contributed by atoms with Gasteiger partial charge in [-0.15, -0.1) is 0 Å². The van der Waals surface area contributed by atoms with Crippen LogP contribution < -0.4 is 0 Å². The SMILES string of the molecule is C[C@@H]1OC(C(=O)[C@@](O)(Cc2ccccc2)[C@@H](O)[C@H](O)[C@H](O)CO)[C@H](O)[C@H](O)[C@H]1O. The van der Waals surface area contributed by atoms with E-state index in [1.807, 2.05) is 0 Å². The van der Waals surface area contributed by atoms with E-state index in [1.54, 1.807) is 30.3 Å². The minimum Gasteiger partial charge on any atom is -0.394 e. The number of carbonyl (C=O) groups excluding carboxylic acids is 1. The molecule has 1 aromatic rings. The maximum absolute atomic E-state index is 13.1. The molecule has 0 aliphatic carbocycles. The van der Waals surface area contributed by atoms with Crippen molar-refractivity contribution < 1.29 is 50.4 Å². The molecule has 1 heterocycles. The van der Waals surface area contributed by atoms with Crippen LogP contribution in [0.5, 0.6) is 0 Å². The molecule has 0 saturated carbocycles. The Kier molecular flexibility index (Phi) is 7.85. The van der Waals surface area contributed by atoms with E-state index < -0.39 is 73.2 Å². The largest absolute Gasteiger partial charge is 0.394 e. The van der Waals surface area contributed by atoms with Gasteiger partial charge in [0.05, 0.1) is 12.7 Å². The number of ketones is 1. The molecule has 0 bridgehead atoms. The zero-order valence-corrected chi connectivity index (χ0v) is 15.8. The third-order valence-corrected chi connectivity index (χ3v) is 5.25. The molecule has 1 aromatic carbocycles. The minimum absolute atomic E-state index is 0.381. The summed E-state index contributed by atoms with van der Waals surface area (Å²) in [5, 5.41) is 80.4. The molecular formula is C19H28O10. The molecule has 1 unspecified atom stereocenters. The number of aliphatic hydroxyl groups excluding tert-OH is 7. The molecule has 8 N–H and O–H groups in total. The van der Waals surface area contributed by atoms with Crippen LogP contribution in [0, 0.1) is 0 Å². The van der Waals surface area contributed by atoms with Crippen LogP contribution in [0.4, 0.5) is 0 Å². The fraction of sp³-hybridized carbons (Fsp3) is 0.632. The predicted octanol–water partition coefficient (Wildman–Crippen LogP) is -3.53. The van der Waals surface area contributed by atoms with Gasteiger partial charge in [-0.3, -0.25) is 4.79 Å². The Morgan fingerprint density at radius 1 is 1.07 bits per heavy atom. The highest BCUT2D eigenvalue weighted by atomic mass is 16.5. The summed E-state index contributed by atoms with van der Waals surface area (Å²) in [7, 11) is 0. The first-order chi connectivity index (χ1) is 13.5. The van der Waals surface area contributed by atoms with E-state index in [9.17, 15) is 40.5 Å². The molecule has 10 heteroatoms.